The van der Waals surface area contributed by atoms with E-state index in [0.717, 1.165) is 36.6 Å². The van der Waals surface area contributed by atoms with Crippen molar-refractivity contribution in [2.75, 3.05) is 16.9 Å². The molecule has 2 amide bonds. The summed E-state index contributed by atoms with van der Waals surface area (Å²) >= 11 is 0. The number of nitrogens with zero attached hydrogens (tertiary/aromatic N) is 4. The van der Waals surface area contributed by atoms with E-state index in [2.05, 4.69) is 0 Å². The van der Waals surface area contributed by atoms with Gasteiger partial charge in [-0.1, -0.05) is 31.9 Å². The van der Waals surface area contributed by atoms with Gasteiger partial charge < -0.3 is 0 Å². The van der Waals surface area contributed by atoms with Crippen molar-refractivity contribution >= 4 is 31.6 Å². The summed E-state index contributed by atoms with van der Waals surface area (Å²) in [4.78, 5) is 14.2. The van der Waals surface area contributed by atoms with E-state index in [0.29, 0.717) is 28.1 Å². The van der Waals surface area contributed by atoms with E-state index in [-0.39, 0.29) is 34.5 Å². The number of sulfonamides is 1. The number of amides is 2. The van der Waals surface area contributed by atoms with Crippen LogP contribution in [-0.4, -0.2) is 39.2 Å². The van der Waals surface area contributed by atoms with Crippen LogP contribution >= 0.6 is 0 Å². The molecule has 9 nitrogen and oxygen atoms in total. The fourth-order valence-corrected chi connectivity index (χ4v) is 6.97. The molecule has 1 unspecified atom stereocenters. The number of anilines is 1. The number of hydrogen-bond acceptors (Lipinski definition) is 7. The van der Waals surface area contributed by atoms with Gasteiger partial charge in [-0.3, -0.25) is 4.90 Å². The van der Waals surface area contributed by atoms with Crippen molar-refractivity contribution in [3.8, 4) is 12.1 Å². The first-order valence-electron chi connectivity index (χ1n) is 12.0. The molecule has 0 N–H and O–H groups in total. The Morgan fingerprint density at radius 2 is 1.68 bits per heavy atom. The number of alkyl halides is 3. The summed E-state index contributed by atoms with van der Waals surface area (Å²) in [5.41, 5.74) is -2.29. The Morgan fingerprint density at radius 1 is 1.00 bits per heavy atom. The largest absolute Gasteiger partial charge is 0.416 e. The quantitative estimate of drug-likeness (QED) is 0.379. The summed E-state index contributed by atoms with van der Waals surface area (Å²) in [6.07, 6.45) is -2.69. The van der Waals surface area contributed by atoms with Crippen molar-refractivity contribution in [1.29, 1.82) is 10.5 Å². The molecule has 0 saturated heterocycles. The number of urea groups is 1. The predicted octanol–water partition coefficient (Wildman–Crippen LogP) is 5.28. The molecule has 0 spiro atoms. The lowest BCUT2D eigenvalue weighted by atomic mass is 9.94. The first-order valence-corrected chi connectivity index (χ1v) is 15.5. The van der Waals surface area contributed by atoms with Gasteiger partial charge in [-0.15, -0.1) is 0 Å². The van der Waals surface area contributed by atoms with Gasteiger partial charge in [-0.25, -0.2) is 25.9 Å². The van der Waals surface area contributed by atoms with Gasteiger partial charge in [0.25, 0.3) is 0 Å². The van der Waals surface area contributed by atoms with Crippen LogP contribution in [0.3, 0.4) is 0 Å². The summed E-state index contributed by atoms with van der Waals surface area (Å²) in [5, 5.41) is 19.5. The Kier molecular flexibility index (Phi) is 8.67. The van der Waals surface area contributed by atoms with Crippen molar-refractivity contribution in [2.45, 2.75) is 50.2 Å². The van der Waals surface area contributed by atoms with E-state index >= 15 is 0 Å². The van der Waals surface area contributed by atoms with E-state index in [1.165, 1.54) is 13.0 Å². The maximum absolute atomic E-state index is 14.0. The van der Waals surface area contributed by atoms with Gasteiger partial charge in [0.2, 0.25) is 10.0 Å². The summed E-state index contributed by atoms with van der Waals surface area (Å²) in [5.74, 6) is -0.540. The van der Waals surface area contributed by atoms with Gasteiger partial charge >= 0.3 is 12.2 Å². The third-order valence-corrected chi connectivity index (χ3v) is 9.23. The Morgan fingerprint density at radius 3 is 2.23 bits per heavy atom. The molecule has 0 radical (unpaired) electrons. The molecule has 3 rings (SSSR count). The number of carbonyl (C=O) groups is 1. The normalized spacial score (nSPS) is 16.6. The summed E-state index contributed by atoms with van der Waals surface area (Å²) in [6, 6.07) is 7.64. The van der Waals surface area contributed by atoms with Crippen LogP contribution < -0.4 is 4.90 Å². The van der Waals surface area contributed by atoms with Crippen LogP contribution in [0.15, 0.2) is 58.6 Å². The lowest BCUT2D eigenvalue weighted by Gasteiger charge is -2.41. The Labute approximate surface area is 230 Å². The van der Waals surface area contributed by atoms with Crippen LogP contribution in [0.4, 0.5) is 23.7 Å². The number of unbranched alkanes of at least 4 members (excludes halogenated alkanes) is 2. The minimum Gasteiger partial charge on any atom is -0.265 e. The molecule has 1 heterocycles. The first kappa shape index (κ1) is 30.7. The maximum Gasteiger partial charge on any atom is 0.416 e. The molecule has 0 fully saturated rings. The van der Waals surface area contributed by atoms with E-state index in [1.807, 2.05) is 13.0 Å². The molecular formula is C26H25F3N4O5S2. The molecule has 2 aromatic carbocycles. The molecular weight excluding hydrogens is 569 g/mol. The van der Waals surface area contributed by atoms with Crippen molar-refractivity contribution in [3.05, 3.63) is 70.4 Å². The van der Waals surface area contributed by atoms with E-state index < -0.39 is 54.3 Å². The number of sulfone groups is 1. The van der Waals surface area contributed by atoms with E-state index in [4.69, 9.17) is 0 Å². The summed E-state index contributed by atoms with van der Waals surface area (Å²) in [7, 11) is -8.67. The summed E-state index contributed by atoms with van der Waals surface area (Å²) < 4.78 is 93.5. The number of rotatable bonds is 8. The number of hydrogen-bond donors (Lipinski definition) is 0. The number of halogens is 3. The summed E-state index contributed by atoms with van der Waals surface area (Å²) in [6.45, 7) is 3.08. The van der Waals surface area contributed by atoms with Crippen LogP contribution in [0.25, 0.3) is 0 Å². The van der Waals surface area contributed by atoms with Gasteiger partial charge in [-0.05, 0) is 49.2 Å². The first-order chi connectivity index (χ1) is 18.6. The molecule has 40 heavy (non-hydrogen) atoms. The topological polar surface area (TPSA) is 139 Å². The minimum atomic E-state index is -4.77. The zero-order chi connectivity index (χ0) is 30.0. The molecule has 0 aliphatic carbocycles. The monoisotopic (exact) mass is 594 g/mol. The Bertz CT molecular complexity index is 1670. The molecule has 0 aromatic heterocycles. The third kappa shape index (κ3) is 5.98. The lowest BCUT2D eigenvalue weighted by molar-refractivity contribution is -0.137. The van der Waals surface area contributed by atoms with Crippen LogP contribution in [0.5, 0.6) is 0 Å². The highest BCUT2D eigenvalue weighted by molar-refractivity contribution is 7.90. The lowest BCUT2D eigenvalue weighted by Crippen LogP contribution is -2.52. The number of nitriles is 2. The minimum absolute atomic E-state index is 0.0616. The van der Waals surface area contributed by atoms with E-state index in [9.17, 15) is 45.3 Å². The second-order valence-corrected chi connectivity index (χ2v) is 13.1. The molecule has 212 valence electrons. The van der Waals surface area contributed by atoms with Gasteiger partial charge in [0.05, 0.1) is 45.2 Å². The number of allylic oxidation sites excluding steroid dienone is 1. The maximum atomic E-state index is 14.0. The SMILES string of the molecule is CCCCCS(=O)(=O)N1C(=O)N(c2cccc(C(F)(F)F)c2)C(C)=C(C#N)C1c1ccc(C#N)cc1S(C)(=O)=O. The molecule has 0 saturated carbocycles. The highest BCUT2D eigenvalue weighted by Gasteiger charge is 2.47. The van der Waals surface area contributed by atoms with Crippen LogP contribution in [0.2, 0.25) is 0 Å². The third-order valence-electron chi connectivity index (χ3n) is 6.31. The van der Waals surface area contributed by atoms with Gasteiger partial charge in [0.15, 0.2) is 9.84 Å². The fourth-order valence-electron chi connectivity index (χ4n) is 4.40. The fraction of sp³-hybridized carbons (Fsp3) is 0.346. The van der Waals surface area contributed by atoms with Crippen molar-refractivity contribution < 1.29 is 34.8 Å². The molecule has 1 atom stereocenters. The van der Waals surface area contributed by atoms with Gasteiger partial charge in [-0.2, -0.15) is 23.7 Å². The number of benzene rings is 2. The van der Waals surface area contributed by atoms with Crippen molar-refractivity contribution in [1.82, 2.24) is 4.31 Å². The van der Waals surface area contributed by atoms with Crippen LogP contribution in [0.1, 0.15) is 55.8 Å². The zero-order valence-corrected chi connectivity index (χ0v) is 23.4. The second kappa shape index (κ2) is 11.3. The van der Waals surface area contributed by atoms with Crippen LogP contribution in [0, 0.1) is 22.7 Å². The average molecular weight is 595 g/mol. The standard InChI is InChI=1S/C26H25F3N4O5S2/c1-4-5-6-12-40(37,38)33-24(21-11-10-18(15-30)13-23(21)39(3,35)36)22(16-31)17(2)32(25(33)34)20-9-7-8-19(14-20)26(27,28)29/h7-11,13-14,24H,4-6,12H2,1-3H3. The molecule has 1 aliphatic heterocycles. The molecule has 2 aromatic rings. The number of carbonyl (C=O) groups excluding carboxylic acids is 1. The van der Waals surface area contributed by atoms with Gasteiger partial charge in [0, 0.05) is 12.0 Å². The molecule has 0 bridgehead atoms. The zero-order valence-electron chi connectivity index (χ0n) is 21.7. The van der Waals surface area contributed by atoms with E-state index in [1.54, 1.807) is 6.07 Å². The Hall–Kier alpha value is -3.88. The highest BCUT2D eigenvalue weighted by atomic mass is 32.2. The predicted molar refractivity (Wildman–Crippen MR) is 140 cm³/mol. The van der Waals surface area contributed by atoms with Crippen molar-refractivity contribution in [3.63, 3.8) is 0 Å². The second-order valence-electron chi connectivity index (χ2n) is 9.14. The Balaban J connectivity index is 2.40. The van der Waals surface area contributed by atoms with Crippen molar-refractivity contribution in [2.24, 2.45) is 0 Å². The van der Waals surface area contributed by atoms with Crippen LogP contribution in [-0.2, 0) is 26.0 Å². The molecule has 1 aliphatic rings. The van der Waals surface area contributed by atoms with Gasteiger partial charge in [0.1, 0.15) is 6.04 Å². The highest BCUT2D eigenvalue weighted by Crippen LogP contribution is 2.43. The smallest absolute Gasteiger partial charge is 0.265 e. The molecule has 14 heteroatoms. The average Bonchev–Trinajstić information content (AvgIpc) is 2.87.